The van der Waals surface area contributed by atoms with Gasteiger partial charge >= 0.3 is 5.69 Å². The quantitative estimate of drug-likeness (QED) is 0.599. The van der Waals surface area contributed by atoms with Gasteiger partial charge in [0.15, 0.2) is 0 Å². The molecule has 0 unspecified atom stereocenters. The van der Waals surface area contributed by atoms with E-state index in [-0.39, 0.29) is 11.2 Å². The number of H-pyrrole nitrogens is 1. The molecule has 0 amide bonds. The van der Waals surface area contributed by atoms with Crippen molar-refractivity contribution in [1.82, 2.24) is 19.2 Å². The first-order valence-electron chi connectivity index (χ1n) is 5.16. The minimum absolute atomic E-state index is 0.119. The fourth-order valence-corrected chi connectivity index (χ4v) is 2.01. The molecule has 3 rings (SSSR count). The third-order valence-electron chi connectivity index (χ3n) is 2.90. The van der Waals surface area contributed by atoms with Crippen molar-refractivity contribution in [3.63, 3.8) is 0 Å². The second kappa shape index (κ2) is 3.07. The van der Waals surface area contributed by atoms with Gasteiger partial charge in [0.1, 0.15) is 0 Å². The third-order valence-corrected chi connectivity index (χ3v) is 2.90. The summed E-state index contributed by atoms with van der Waals surface area (Å²) in [4.78, 5) is 23.6. The van der Waals surface area contributed by atoms with E-state index in [4.69, 9.17) is 0 Å². The molecule has 0 aliphatic heterocycles. The highest BCUT2D eigenvalue weighted by Crippen LogP contribution is 2.13. The van der Waals surface area contributed by atoms with E-state index in [0.717, 1.165) is 5.56 Å². The van der Waals surface area contributed by atoms with Crippen LogP contribution in [0.4, 0.5) is 0 Å². The fraction of sp³-hybridized carbons (Fsp3) is 0.182. The lowest BCUT2D eigenvalue weighted by atomic mass is 10.2. The predicted molar refractivity (Wildman–Crippen MR) is 63.3 cm³/mol. The smallest absolute Gasteiger partial charge is 0.307 e. The van der Waals surface area contributed by atoms with Gasteiger partial charge in [0.05, 0.1) is 11.0 Å². The van der Waals surface area contributed by atoms with Crippen LogP contribution < -0.4 is 11.2 Å². The highest BCUT2D eigenvalue weighted by atomic mass is 16.2. The van der Waals surface area contributed by atoms with Crippen molar-refractivity contribution in [3.8, 4) is 0 Å². The lowest BCUT2D eigenvalue weighted by molar-refractivity contribution is 0.891. The van der Waals surface area contributed by atoms with Gasteiger partial charge in [-0.25, -0.2) is 14.3 Å². The van der Waals surface area contributed by atoms with Crippen LogP contribution in [0.5, 0.6) is 0 Å². The Balaban J connectivity index is 2.78. The van der Waals surface area contributed by atoms with Crippen LogP contribution >= 0.6 is 0 Å². The first-order chi connectivity index (χ1) is 8.09. The zero-order chi connectivity index (χ0) is 12.2. The molecule has 86 valence electrons. The zero-order valence-electron chi connectivity index (χ0n) is 9.39. The van der Waals surface area contributed by atoms with E-state index in [1.165, 1.54) is 8.97 Å². The number of rotatable bonds is 0. The molecule has 0 atom stereocenters. The van der Waals surface area contributed by atoms with E-state index in [9.17, 15) is 9.59 Å². The van der Waals surface area contributed by atoms with Crippen molar-refractivity contribution < 1.29 is 0 Å². The zero-order valence-corrected chi connectivity index (χ0v) is 9.39. The maximum Gasteiger partial charge on any atom is 0.348 e. The number of benzene rings is 1. The summed E-state index contributed by atoms with van der Waals surface area (Å²) in [5.41, 5.74) is 1.85. The summed E-state index contributed by atoms with van der Waals surface area (Å²) < 4.78 is 2.80. The van der Waals surface area contributed by atoms with E-state index in [2.05, 4.69) is 10.2 Å². The lowest BCUT2D eigenvalue weighted by Crippen LogP contribution is -2.23. The van der Waals surface area contributed by atoms with Crippen molar-refractivity contribution in [2.75, 3.05) is 0 Å². The highest BCUT2D eigenvalue weighted by molar-refractivity contribution is 5.78. The minimum Gasteiger partial charge on any atom is -0.307 e. The van der Waals surface area contributed by atoms with Crippen LogP contribution in [0.3, 0.4) is 0 Å². The molecule has 6 nitrogen and oxygen atoms in total. The van der Waals surface area contributed by atoms with E-state index < -0.39 is 5.69 Å². The first kappa shape index (κ1) is 9.83. The number of hydrogen-bond donors (Lipinski definition) is 1. The Morgan fingerprint density at radius 2 is 2.00 bits per heavy atom. The van der Waals surface area contributed by atoms with E-state index in [0.29, 0.717) is 11.0 Å². The van der Waals surface area contributed by atoms with Gasteiger partial charge in [0.25, 0.3) is 5.56 Å². The Morgan fingerprint density at radius 1 is 1.24 bits per heavy atom. The Bertz CT molecular complexity index is 853. The Hall–Kier alpha value is -2.37. The number of fused-ring (bicyclic) bond motifs is 3. The van der Waals surface area contributed by atoms with Gasteiger partial charge in [0.2, 0.25) is 5.65 Å². The Morgan fingerprint density at radius 3 is 2.76 bits per heavy atom. The monoisotopic (exact) mass is 230 g/mol. The summed E-state index contributed by atoms with van der Waals surface area (Å²) in [5.74, 6) is 0. The van der Waals surface area contributed by atoms with E-state index >= 15 is 0 Å². The molecule has 6 heteroatoms. The van der Waals surface area contributed by atoms with Crippen molar-refractivity contribution in [3.05, 3.63) is 44.6 Å². The molecule has 0 aliphatic carbocycles. The summed E-state index contributed by atoms with van der Waals surface area (Å²) in [5, 5.41) is 6.04. The van der Waals surface area contributed by atoms with Crippen LogP contribution in [0.25, 0.3) is 16.7 Å². The van der Waals surface area contributed by atoms with E-state index in [1.807, 2.05) is 25.1 Å². The molecule has 3 aromatic rings. The molecule has 0 aliphatic rings. The van der Waals surface area contributed by atoms with Gasteiger partial charge in [-0.15, -0.1) is 5.10 Å². The van der Waals surface area contributed by atoms with Gasteiger partial charge < -0.3 is 4.57 Å². The summed E-state index contributed by atoms with van der Waals surface area (Å²) >= 11 is 0. The van der Waals surface area contributed by atoms with Crippen LogP contribution in [-0.2, 0) is 7.05 Å². The Kier molecular flexibility index (Phi) is 1.77. The van der Waals surface area contributed by atoms with Crippen LogP contribution in [0.1, 0.15) is 5.56 Å². The Labute approximate surface area is 95.1 Å². The van der Waals surface area contributed by atoms with Crippen molar-refractivity contribution >= 4 is 16.7 Å². The standard InChI is InChI=1S/C11H10N4O2/c1-6-3-4-7-8(5-6)14(2)10(16)9-12-13-11(17)15(7)9/h3-5H,1-2H3,(H,13,17). The van der Waals surface area contributed by atoms with Gasteiger partial charge in [-0.1, -0.05) is 6.07 Å². The second-order valence-electron chi connectivity index (χ2n) is 4.04. The summed E-state index contributed by atoms with van der Waals surface area (Å²) in [6.07, 6.45) is 0. The molecule has 2 heterocycles. The molecule has 1 N–H and O–H groups in total. The summed E-state index contributed by atoms with van der Waals surface area (Å²) in [6, 6.07) is 5.58. The van der Waals surface area contributed by atoms with Crippen LogP contribution in [0.15, 0.2) is 27.8 Å². The lowest BCUT2D eigenvalue weighted by Gasteiger charge is -2.06. The maximum absolute atomic E-state index is 12.0. The van der Waals surface area contributed by atoms with Crippen LogP contribution in [-0.4, -0.2) is 19.2 Å². The molecule has 2 aromatic heterocycles. The average Bonchev–Trinajstić information content (AvgIpc) is 2.69. The molecule has 0 bridgehead atoms. The van der Waals surface area contributed by atoms with Gasteiger partial charge in [-0.2, -0.15) is 0 Å². The molecular weight excluding hydrogens is 220 g/mol. The molecule has 0 saturated heterocycles. The number of nitrogens with zero attached hydrogens (tertiary/aromatic N) is 3. The maximum atomic E-state index is 12.0. The topological polar surface area (TPSA) is 72.2 Å². The molecule has 17 heavy (non-hydrogen) atoms. The average molecular weight is 230 g/mol. The number of aromatic nitrogens is 4. The van der Waals surface area contributed by atoms with Crippen molar-refractivity contribution in [1.29, 1.82) is 0 Å². The molecule has 0 spiro atoms. The predicted octanol–water partition coefficient (Wildman–Crippen LogP) is 0.183. The van der Waals surface area contributed by atoms with Crippen LogP contribution in [0.2, 0.25) is 0 Å². The molecule has 1 aromatic carbocycles. The number of nitrogens with one attached hydrogen (secondary N) is 1. The normalized spacial score (nSPS) is 11.4. The van der Waals surface area contributed by atoms with Gasteiger partial charge in [-0.05, 0) is 24.6 Å². The SMILES string of the molecule is Cc1ccc2c(c1)n(C)c(=O)c1n[nH]c(=O)n12. The van der Waals surface area contributed by atoms with Crippen molar-refractivity contribution in [2.24, 2.45) is 7.05 Å². The molecular formula is C11H10N4O2. The number of aromatic amines is 1. The summed E-state index contributed by atoms with van der Waals surface area (Å²) in [7, 11) is 1.67. The van der Waals surface area contributed by atoms with E-state index in [1.54, 1.807) is 7.05 Å². The number of hydrogen-bond acceptors (Lipinski definition) is 3. The van der Waals surface area contributed by atoms with Crippen LogP contribution in [0, 0.1) is 6.92 Å². The second-order valence-corrected chi connectivity index (χ2v) is 4.04. The number of aryl methyl sites for hydroxylation is 2. The fourth-order valence-electron chi connectivity index (χ4n) is 2.01. The third kappa shape index (κ3) is 1.17. The molecule has 0 saturated carbocycles. The van der Waals surface area contributed by atoms with Gasteiger partial charge in [-0.3, -0.25) is 4.79 Å². The van der Waals surface area contributed by atoms with Gasteiger partial charge in [0, 0.05) is 7.05 Å². The molecule has 0 fully saturated rings. The molecule has 0 radical (unpaired) electrons. The van der Waals surface area contributed by atoms with Crippen molar-refractivity contribution in [2.45, 2.75) is 6.92 Å². The first-order valence-corrected chi connectivity index (χ1v) is 5.16. The largest absolute Gasteiger partial charge is 0.348 e. The minimum atomic E-state index is -0.397. The summed E-state index contributed by atoms with van der Waals surface area (Å²) in [6.45, 7) is 1.94. The highest BCUT2D eigenvalue weighted by Gasteiger charge is 2.11.